The Balaban J connectivity index is 1.90. The van der Waals surface area contributed by atoms with Gasteiger partial charge in [0.15, 0.2) is 11.3 Å². The first-order valence-corrected chi connectivity index (χ1v) is 9.15. The minimum Gasteiger partial charge on any atom is -0.298 e. The van der Waals surface area contributed by atoms with Gasteiger partial charge in [-0.2, -0.15) is 0 Å². The largest absolute Gasteiger partial charge is 0.298 e. The third-order valence-electron chi connectivity index (χ3n) is 3.96. The van der Waals surface area contributed by atoms with Crippen LogP contribution in [0.25, 0.3) is 5.70 Å². The van der Waals surface area contributed by atoms with Crippen LogP contribution in [0.15, 0.2) is 58.9 Å². The number of fused-ring (bicyclic) bond motifs is 2. The fourth-order valence-electron chi connectivity index (χ4n) is 2.84. The fraction of sp³-hybridized carbons (Fsp3) is 0.222. The van der Waals surface area contributed by atoms with E-state index in [4.69, 9.17) is 4.99 Å². The number of aromatic nitrogens is 1. The molecule has 7 heteroatoms. The molecular formula is C18H17N5OS. The van der Waals surface area contributed by atoms with Gasteiger partial charge in [0.25, 0.3) is 5.91 Å². The zero-order valence-electron chi connectivity index (χ0n) is 13.7. The zero-order chi connectivity index (χ0) is 17.2. The molecule has 0 aliphatic carbocycles. The highest BCUT2D eigenvalue weighted by Gasteiger charge is 2.34. The summed E-state index contributed by atoms with van der Waals surface area (Å²) >= 11 is 1.54. The van der Waals surface area contributed by atoms with Crippen LogP contribution < -0.4 is 15.9 Å². The average Bonchev–Trinajstić information content (AvgIpc) is 2.66. The number of carbonyl (C=O) groups is 1. The van der Waals surface area contributed by atoms with Crippen molar-refractivity contribution in [2.75, 3.05) is 5.75 Å². The van der Waals surface area contributed by atoms with Gasteiger partial charge in [-0.3, -0.25) is 20.1 Å². The first-order chi connectivity index (χ1) is 12.3. The Morgan fingerprint density at radius 2 is 2.00 bits per heavy atom. The lowest BCUT2D eigenvalue weighted by Crippen LogP contribution is -2.50. The first-order valence-electron chi connectivity index (χ1n) is 8.17. The second kappa shape index (κ2) is 6.68. The quantitative estimate of drug-likeness (QED) is 0.907. The maximum Gasteiger partial charge on any atom is 0.276 e. The van der Waals surface area contributed by atoms with Crippen molar-refractivity contribution in [1.29, 1.82) is 0 Å². The summed E-state index contributed by atoms with van der Waals surface area (Å²) in [5.41, 5.74) is 1.48. The van der Waals surface area contributed by atoms with Gasteiger partial charge < -0.3 is 0 Å². The van der Waals surface area contributed by atoms with Gasteiger partial charge in [-0.25, -0.2) is 5.01 Å². The van der Waals surface area contributed by atoms with E-state index < -0.39 is 0 Å². The first kappa shape index (κ1) is 15.8. The summed E-state index contributed by atoms with van der Waals surface area (Å²) in [6.45, 7) is 2.10. The number of hydrogen-bond acceptors (Lipinski definition) is 6. The number of hydrogen-bond donors (Lipinski definition) is 1. The molecule has 0 saturated heterocycles. The van der Waals surface area contributed by atoms with Crippen molar-refractivity contribution in [2.24, 2.45) is 10.1 Å². The molecule has 4 rings (SSSR count). The number of nitrogens with one attached hydrogen (secondary N) is 1. The molecule has 1 aromatic heterocycles. The molecule has 6 nitrogen and oxygen atoms in total. The third-order valence-corrected chi connectivity index (χ3v) is 5.03. The Hall–Kier alpha value is -2.67. The molecule has 2 aromatic rings. The van der Waals surface area contributed by atoms with Gasteiger partial charge in [0, 0.05) is 28.9 Å². The Morgan fingerprint density at radius 3 is 2.80 bits per heavy atom. The number of amidine groups is 1. The lowest BCUT2D eigenvalue weighted by Gasteiger charge is -2.34. The maximum absolute atomic E-state index is 12.8. The lowest BCUT2D eigenvalue weighted by molar-refractivity contribution is -0.116. The number of thioether (sulfide) groups is 1. The molecule has 1 aromatic carbocycles. The van der Waals surface area contributed by atoms with Gasteiger partial charge in [-0.1, -0.05) is 36.9 Å². The van der Waals surface area contributed by atoms with Crippen molar-refractivity contribution >= 4 is 28.5 Å². The Labute approximate surface area is 149 Å². The summed E-state index contributed by atoms with van der Waals surface area (Å²) in [4.78, 5) is 21.7. The molecule has 0 fully saturated rings. The predicted molar refractivity (Wildman–Crippen MR) is 97.8 cm³/mol. The molecule has 126 valence electrons. The SMILES string of the molecule is CCCSC1=NN2C(=c3ccccc3=N[C@H]2c2ccncc2)C(=O)N1. The number of benzene rings is 1. The van der Waals surface area contributed by atoms with E-state index in [1.54, 1.807) is 29.2 Å². The van der Waals surface area contributed by atoms with E-state index in [0.717, 1.165) is 28.3 Å². The average molecular weight is 351 g/mol. The molecule has 25 heavy (non-hydrogen) atoms. The van der Waals surface area contributed by atoms with Crippen molar-refractivity contribution in [1.82, 2.24) is 15.3 Å². The fourth-order valence-corrected chi connectivity index (χ4v) is 3.55. The second-order valence-corrected chi connectivity index (χ2v) is 6.79. The van der Waals surface area contributed by atoms with E-state index in [-0.39, 0.29) is 12.1 Å². The highest BCUT2D eigenvalue weighted by Crippen LogP contribution is 2.30. The Morgan fingerprint density at radius 1 is 1.20 bits per heavy atom. The molecule has 0 unspecified atom stereocenters. The minimum absolute atomic E-state index is 0.144. The summed E-state index contributed by atoms with van der Waals surface area (Å²) in [6, 6.07) is 11.5. The summed E-state index contributed by atoms with van der Waals surface area (Å²) in [5, 5.41) is 11.5. The van der Waals surface area contributed by atoms with E-state index in [0.29, 0.717) is 10.9 Å². The summed E-state index contributed by atoms with van der Waals surface area (Å²) in [5.74, 6) is 0.755. The number of carbonyl (C=O) groups excluding carboxylic acids is 1. The number of pyridine rings is 1. The van der Waals surface area contributed by atoms with E-state index >= 15 is 0 Å². The number of hydrazone groups is 1. The van der Waals surface area contributed by atoms with Crippen LogP contribution in [0.5, 0.6) is 0 Å². The van der Waals surface area contributed by atoms with Crippen molar-refractivity contribution in [3.8, 4) is 0 Å². The van der Waals surface area contributed by atoms with Crippen LogP contribution in [0.3, 0.4) is 0 Å². The van der Waals surface area contributed by atoms with Crippen LogP contribution in [0.4, 0.5) is 0 Å². The van der Waals surface area contributed by atoms with Gasteiger partial charge >= 0.3 is 0 Å². The van der Waals surface area contributed by atoms with Crippen LogP contribution in [0.1, 0.15) is 25.1 Å². The predicted octanol–water partition coefficient (Wildman–Crippen LogP) is 1.37. The van der Waals surface area contributed by atoms with Crippen LogP contribution in [0.2, 0.25) is 0 Å². The van der Waals surface area contributed by atoms with Crippen molar-refractivity contribution in [3.05, 3.63) is 64.9 Å². The van der Waals surface area contributed by atoms with E-state index in [1.165, 1.54) is 0 Å². The smallest absolute Gasteiger partial charge is 0.276 e. The van der Waals surface area contributed by atoms with Gasteiger partial charge in [0.1, 0.15) is 5.70 Å². The highest BCUT2D eigenvalue weighted by molar-refractivity contribution is 8.13. The molecule has 0 radical (unpaired) electrons. The maximum atomic E-state index is 12.8. The summed E-state index contributed by atoms with van der Waals surface area (Å²) in [7, 11) is 0. The zero-order valence-corrected chi connectivity index (χ0v) is 14.5. The van der Waals surface area contributed by atoms with Crippen LogP contribution in [0, 0.1) is 0 Å². The van der Waals surface area contributed by atoms with Gasteiger partial charge in [-0.05, 0) is 24.6 Å². The molecular weight excluding hydrogens is 334 g/mol. The Bertz CT molecular complexity index is 957. The molecule has 2 aliphatic heterocycles. The van der Waals surface area contributed by atoms with Gasteiger partial charge in [0.05, 0.1) is 5.36 Å². The number of nitrogens with zero attached hydrogens (tertiary/aromatic N) is 4. The normalized spacial score (nSPS) is 18.7. The van der Waals surface area contributed by atoms with Crippen LogP contribution in [-0.4, -0.2) is 26.8 Å². The van der Waals surface area contributed by atoms with E-state index in [9.17, 15) is 4.79 Å². The molecule has 1 amide bonds. The Kier molecular flexibility index (Phi) is 4.23. The molecule has 0 spiro atoms. The summed E-state index contributed by atoms with van der Waals surface area (Å²) < 4.78 is 0. The van der Waals surface area contributed by atoms with E-state index in [1.807, 2.05) is 36.4 Å². The highest BCUT2D eigenvalue weighted by atomic mass is 32.2. The number of rotatable bonds is 3. The number of para-hydroxylation sites is 1. The molecule has 2 aliphatic rings. The number of amides is 1. The lowest BCUT2D eigenvalue weighted by atomic mass is 10.1. The summed E-state index contributed by atoms with van der Waals surface area (Å²) in [6.07, 6.45) is 4.09. The third kappa shape index (κ3) is 2.91. The van der Waals surface area contributed by atoms with Crippen molar-refractivity contribution in [3.63, 3.8) is 0 Å². The van der Waals surface area contributed by atoms with Crippen LogP contribution in [-0.2, 0) is 4.79 Å². The molecule has 3 heterocycles. The van der Waals surface area contributed by atoms with Crippen LogP contribution >= 0.6 is 11.8 Å². The molecule has 1 atom stereocenters. The standard InChI is InChI=1S/C18H17N5OS/c1-2-11-25-18-21-17(24)15-13-5-3-4-6-14(13)20-16(23(15)22-18)12-7-9-19-10-8-12/h3-10,16H,2,11H2,1H3,(H,21,22,24)/t16-/m1/s1. The molecule has 0 bridgehead atoms. The molecule has 1 N–H and O–H groups in total. The van der Waals surface area contributed by atoms with E-state index in [2.05, 4.69) is 22.3 Å². The second-order valence-electron chi connectivity index (χ2n) is 5.70. The molecule has 0 saturated carbocycles. The minimum atomic E-state index is -0.379. The monoisotopic (exact) mass is 351 g/mol. The van der Waals surface area contributed by atoms with Gasteiger partial charge in [-0.15, -0.1) is 5.10 Å². The van der Waals surface area contributed by atoms with Crippen molar-refractivity contribution in [2.45, 2.75) is 19.5 Å². The van der Waals surface area contributed by atoms with Gasteiger partial charge in [0.2, 0.25) is 0 Å². The van der Waals surface area contributed by atoms with Crippen molar-refractivity contribution < 1.29 is 4.79 Å². The topological polar surface area (TPSA) is 70.0 Å².